The van der Waals surface area contributed by atoms with Gasteiger partial charge in [0, 0.05) is 17.6 Å². The molecule has 1 saturated carbocycles. The molecular weight excluding hydrogens is 204 g/mol. The lowest BCUT2D eigenvalue weighted by Crippen LogP contribution is -2.55. The molecule has 0 aliphatic heterocycles. The Morgan fingerprint density at radius 2 is 1.94 bits per heavy atom. The van der Waals surface area contributed by atoms with Crippen molar-refractivity contribution in [3.63, 3.8) is 0 Å². The molecule has 1 amide bonds. The van der Waals surface area contributed by atoms with E-state index in [2.05, 4.69) is 6.92 Å². The van der Waals surface area contributed by atoms with E-state index >= 15 is 0 Å². The van der Waals surface area contributed by atoms with Crippen molar-refractivity contribution in [3.8, 4) is 0 Å². The average Bonchev–Trinajstić information content (AvgIpc) is 2.06. The van der Waals surface area contributed by atoms with Gasteiger partial charge < -0.3 is 15.7 Å². The fourth-order valence-electron chi connectivity index (χ4n) is 2.73. The summed E-state index contributed by atoms with van der Waals surface area (Å²) in [5.41, 5.74) is 5.57. The van der Waals surface area contributed by atoms with E-state index < -0.39 is 6.09 Å². The second-order valence-corrected chi connectivity index (χ2v) is 5.94. The lowest BCUT2D eigenvalue weighted by atomic mass is 9.81. The van der Waals surface area contributed by atoms with Crippen molar-refractivity contribution in [2.24, 2.45) is 11.7 Å². The minimum Gasteiger partial charge on any atom is -0.465 e. The highest BCUT2D eigenvalue weighted by molar-refractivity contribution is 5.66. The van der Waals surface area contributed by atoms with Crippen molar-refractivity contribution in [1.29, 1.82) is 0 Å². The Balaban J connectivity index is 2.83. The number of nitrogens with zero attached hydrogens (tertiary/aromatic N) is 1. The maximum Gasteiger partial charge on any atom is 0.407 e. The van der Waals surface area contributed by atoms with Crippen molar-refractivity contribution in [1.82, 2.24) is 4.90 Å². The second kappa shape index (κ2) is 4.62. The van der Waals surface area contributed by atoms with Gasteiger partial charge in [-0.3, -0.25) is 0 Å². The van der Waals surface area contributed by atoms with Crippen LogP contribution < -0.4 is 5.73 Å². The summed E-state index contributed by atoms with van der Waals surface area (Å²) in [6.45, 7) is 7.94. The lowest BCUT2D eigenvalue weighted by Gasteiger charge is -2.45. The molecule has 0 spiro atoms. The zero-order chi connectivity index (χ0) is 12.5. The zero-order valence-corrected chi connectivity index (χ0v) is 10.7. The summed E-state index contributed by atoms with van der Waals surface area (Å²) in [5.74, 6) is 0.346. The summed E-state index contributed by atoms with van der Waals surface area (Å²) < 4.78 is 0. The van der Waals surface area contributed by atoms with Crippen LogP contribution >= 0.6 is 0 Å². The van der Waals surface area contributed by atoms with Gasteiger partial charge >= 0.3 is 6.09 Å². The second-order valence-electron chi connectivity index (χ2n) is 5.94. The van der Waals surface area contributed by atoms with Crippen molar-refractivity contribution in [2.45, 2.75) is 64.6 Å². The number of carbonyl (C=O) groups is 1. The van der Waals surface area contributed by atoms with Gasteiger partial charge in [0.15, 0.2) is 0 Å². The third kappa shape index (κ3) is 2.88. The first kappa shape index (κ1) is 13.3. The van der Waals surface area contributed by atoms with Crippen molar-refractivity contribution < 1.29 is 9.90 Å². The molecule has 16 heavy (non-hydrogen) atoms. The highest BCUT2D eigenvalue weighted by Gasteiger charge is 2.38. The summed E-state index contributed by atoms with van der Waals surface area (Å²) in [6.07, 6.45) is 1.91. The van der Waals surface area contributed by atoms with Gasteiger partial charge in [-0.15, -0.1) is 0 Å². The molecule has 1 fully saturated rings. The molecule has 3 N–H and O–H groups in total. The van der Waals surface area contributed by atoms with Crippen LogP contribution in [0.3, 0.4) is 0 Å². The normalized spacial score (nSPS) is 31.2. The number of amides is 1. The van der Waals surface area contributed by atoms with Gasteiger partial charge in [0.1, 0.15) is 0 Å². The summed E-state index contributed by atoms with van der Waals surface area (Å²) in [4.78, 5) is 13.0. The van der Waals surface area contributed by atoms with E-state index in [1.807, 2.05) is 20.8 Å². The SMILES string of the molecule is C[C@H]1C[C@H](N)CC[C@H]1N(C(=O)O)C(C)(C)C. The van der Waals surface area contributed by atoms with E-state index in [0.717, 1.165) is 19.3 Å². The number of hydrogen-bond donors (Lipinski definition) is 2. The number of carboxylic acid groups (broad SMARTS) is 1. The van der Waals surface area contributed by atoms with E-state index in [1.165, 1.54) is 0 Å². The van der Waals surface area contributed by atoms with Gasteiger partial charge in [0.25, 0.3) is 0 Å². The Morgan fingerprint density at radius 1 is 1.38 bits per heavy atom. The highest BCUT2D eigenvalue weighted by Crippen LogP contribution is 2.31. The molecule has 1 rings (SSSR count). The van der Waals surface area contributed by atoms with Crippen molar-refractivity contribution >= 4 is 6.09 Å². The first-order valence-electron chi connectivity index (χ1n) is 6.01. The minimum atomic E-state index is -0.820. The molecule has 0 heterocycles. The Hall–Kier alpha value is -0.770. The fraction of sp³-hybridized carbons (Fsp3) is 0.917. The minimum absolute atomic E-state index is 0.109. The fourth-order valence-corrected chi connectivity index (χ4v) is 2.73. The van der Waals surface area contributed by atoms with Crippen LogP contribution in [0, 0.1) is 5.92 Å². The van der Waals surface area contributed by atoms with Crippen LogP contribution in [0.1, 0.15) is 47.0 Å². The quantitative estimate of drug-likeness (QED) is 0.723. The average molecular weight is 228 g/mol. The van der Waals surface area contributed by atoms with Crippen LogP contribution in [0.15, 0.2) is 0 Å². The Morgan fingerprint density at radius 3 is 2.31 bits per heavy atom. The smallest absolute Gasteiger partial charge is 0.407 e. The standard InChI is InChI=1S/C12H24N2O2/c1-8-7-9(13)5-6-10(8)14(11(15)16)12(2,3)4/h8-10H,5-7,13H2,1-4H3,(H,15,16)/t8-,9+,10+/m0/s1. The van der Waals surface area contributed by atoms with Crippen LogP contribution in [0.25, 0.3) is 0 Å². The van der Waals surface area contributed by atoms with Crippen molar-refractivity contribution in [3.05, 3.63) is 0 Å². The van der Waals surface area contributed by atoms with Crippen LogP contribution in [0.2, 0.25) is 0 Å². The third-order valence-electron chi connectivity index (χ3n) is 3.43. The lowest BCUT2D eigenvalue weighted by molar-refractivity contribution is 0.0336. The predicted molar refractivity (Wildman–Crippen MR) is 64.4 cm³/mol. The van der Waals surface area contributed by atoms with E-state index in [4.69, 9.17) is 5.73 Å². The number of rotatable bonds is 1. The Labute approximate surface area is 97.8 Å². The van der Waals surface area contributed by atoms with Gasteiger partial charge in [-0.25, -0.2) is 4.79 Å². The van der Waals surface area contributed by atoms with Gasteiger partial charge in [-0.1, -0.05) is 6.92 Å². The van der Waals surface area contributed by atoms with Gasteiger partial charge in [-0.2, -0.15) is 0 Å². The van der Waals surface area contributed by atoms with Crippen LogP contribution in [-0.2, 0) is 0 Å². The third-order valence-corrected chi connectivity index (χ3v) is 3.43. The maximum atomic E-state index is 11.4. The van der Waals surface area contributed by atoms with Gasteiger partial charge in [-0.05, 0) is 46.0 Å². The molecule has 0 unspecified atom stereocenters. The molecule has 0 aromatic heterocycles. The summed E-state index contributed by atoms with van der Waals surface area (Å²) >= 11 is 0. The van der Waals surface area contributed by atoms with Gasteiger partial charge in [0.05, 0.1) is 0 Å². The summed E-state index contributed by atoms with van der Waals surface area (Å²) in [7, 11) is 0. The number of hydrogen-bond acceptors (Lipinski definition) is 2. The number of nitrogens with two attached hydrogens (primary N) is 1. The first-order valence-corrected chi connectivity index (χ1v) is 6.01. The maximum absolute atomic E-state index is 11.4. The molecule has 4 heteroatoms. The Kier molecular flexibility index (Phi) is 3.84. The molecular formula is C12H24N2O2. The van der Waals surface area contributed by atoms with E-state index in [1.54, 1.807) is 4.90 Å². The first-order chi connectivity index (χ1) is 7.23. The topological polar surface area (TPSA) is 66.6 Å². The van der Waals surface area contributed by atoms with Crippen LogP contribution in [-0.4, -0.2) is 33.7 Å². The largest absolute Gasteiger partial charge is 0.465 e. The van der Waals surface area contributed by atoms with Crippen LogP contribution in [0.5, 0.6) is 0 Å². The molecule has 3 atom stereocenters. The zero-order valence-electron chi connectivity index (χ0n) is 10.7. The molecule has 4 nitrogen and oxygen atoms in total. The molecule has 0 aromatic carbocycles. The molecule has 1 aliphatic carbocycles. The monoisotopic (exact) mass is 228 g/mol. The van der Waals surface area contributed by atoms with Crippen LogP contribution in [0.4, 0.5) is 4.79 Å². The molecule has 0 aromatic rings. The predicted octanol–water partition coefficient (Wildman–Crippen LogP) is 2.28. The van der Waals surface area contributed by atoms with E-state index in [0.29, 0.717) is 5.92 Å². The molecule has 0 radical (unpaired) electrons. The van der Waals surface area contributed by atoms with E-state index in [-0.39, 0.29) is 17.6 Å². The van der Waals surface area contributed by atoms with Crippen molar-refractivity contribution in [2.75, 3.05) is 0 Å². The molecule has 0 bridgehead atoms. The highest BCUT2D eigenvalue weighted by atomic mass is 16.4. The molecule has 1 aliphatic rings. The summed E-state index contributed by atoms with van der Waals surface area (Å²) in [5, 5.41) is 9.34. The van der Waals surface area contributed by atoms with Gasteiger partial charge in [0.2, 0.25) is 0 Å². The molecule has 94 valence electrons. The summed E-state index contributed by atoms with van der Waals surface area (Å²) in [6, 6.07) is 0.346. The Bertz CT molecular complexity index is 260. The molecule has 0 saturated heterocycles. The van der Waals surface area contributed by atoms with E-state index in [9.17, 15) is 9.90 Å².